The Kier molecular flexibility index (Phi) is 4.38. The van der Waals surface area contributed by atoms with Crippen LogP contribution in [0.4, 0.5) is 0 Å². The number of carboxylic acid groups (broad SMARTS) is 1. The van der Waals surface area contributed by atoms with E-state index >= 15 is 0 Å². The Hall–Kier alpha value is -0.780. The molecule has 1 aromatic heterocycles. The molecule has 1 N–H and O–H groups in total. The summed E-state index contributed by atoms with van der Waals surface area (Å²) in [6.07, 6.45) is 1.27. The summed E-state index contributed by atoms with van der Waals surface area (Å²) >= 11 is 12.9. The third-order valence-electron chi connectivity index (χ3n) is 3.38. The fraction of sp³-hybridized carbons (Fsp3) is 0.500. The summed E-state index contributed by atoms with van der Waals surface area (Å²) in [6, 6.07) is 1.55. The number of hydrogen-bond donors (Lipinski definition) is 1. The quantitative estimate of drug-likeness (QED) is 0.908. The van der Waals surface area contributed by atoms with Crippen LogP contribution in [0.25, 0.3) is 0 Å². The Morgan fingerprint density at radius 2 is 2.11 bits per heavy atom. The predicted octanol–water partition coefficient (Wildman–Crippen LogP) is 3.38. The van der Waals surface area contributed by atoms with Gasteiger partial charge in [0, 0.05) is 12.6 Å². The van der Waals surface area contributed by atoms with Gasteiger partial charge in [0.05, 0.1) is 15.8 Å². The second-order valence-corrected chi connectivity index (χ2v) is 6.94. The van der Waals surface area contributed by atoms with Crippen molar-refractivity contribution in [2.75, 3.05) is 6.54 Å². The molecule has 0 aromatic carbocycles. The maximum Gasteiger partial charge on any atom is 0.308 e. The van der Waals surface area contributed by atoms with Crippen molar-refractivity contribution in [1.82, 2.24) is 4.90 Å². The van der Waals surface area contributed by atoms with Crippen molar-refractivity contribution < 1.29 is 14.7 Å². The molecule has 1 saturated heterocycles. The van der Waals surface area contributed by atoms with Crippen molar-refractivity contribution >= 4 is 46.4 Å². The molecule has 2 atom stereocenters. The molecule has 1 aromatic rings. The molecule has 104 valence electrons. The van der Waals surface area contributed by atoms with Gasteiger partial charge in [-0.3, -0.25) is 9.59 Å². The number of thiophene rings is 1. The van der Waals surface area contributed by atoms with Gasteiger partial charge in [-0.15, -0.1) is 11.3 Å². The molecule has 1 amide bonds. The number of piperidine rings is 1. The number of likely N-dealkylation sites (tertiary alicyclic amines) is 1. The first-order chi connectivity index (χ1) is 8.90. The van der Waals surface area contributed by atoms with Crippen LogP contribution in [-0.2, 0) is 4.79 Å². The summed E-state index contributed by atoms with van der Waals surface area (Å²) < 4.78 is 0.799. The SMILES string of the molecule is CC1CCC(C(=O)O)CN1C(=O)c1cc(Cl)sc1Cl. The van der Waals surface area contributed by atoms with Crippen LogP contribution in [0, 0.1) is 5.92 Å². The van der Waals surface area contributed by atoms with Crippen LogP contribution in [0.2, 0.25) is 8.67 Å². The average Bonchev–Trinajstić information content (AvgIpc) is 2.68. The monoisotopic (exact) mass is 321 g/mol. The van der Waals surface area contributed by atoms with E-state index in [4.69, 9.17) is 28.3 Å². The molecule has 0 saturated carbocycles. The zero-order valence-corrected chi connectivity index (χ0v) is 12.6. The predicted molar refractivity (Wildman–Crippen MR) is 75.2 cm³/mol. The zero-order valence-electron chi connectivity index (χ0n) is 10.2. The smallest absolute Gasteiger partial charge is 0.308 e. The second kappa shape index (κ2) is 5.69. The number of hydrogen-bond acceptors (Lipinski definition) is 3. The largest absolute Gasteiger partial charge is 0.481 e. The maximum atomic E-state index is 12.4. The van der Waals surface area contributed by atoms with Gasteiger partial charge in [0.25, 0.3) is 5.91 Å². The van der Waals surface area contributed by atoms with E-state index in [1.54, 1.807) is 4.90 Å². The van der Waals surface area contributed by atoms with Crippen LogP contribution < -0.4 is 0 Å². The first kappa shape index (κ1) is 14.6. The molecular weight excluding hydrogens is 309 g/mol. The van der Waals surface area contributed by atoms with Crippen molar-refractivity contribution in [3.05, 3.63) is 20.3 Å². The lowest BCUT2D eigenvalue weighted by Gasteiger charge is -2.36. The minimum Gasteiger partial charge on any atom is -0.481 e. The Bertz CT molecular complexity index is 517. The highest BCUT2D eigenvalue weighted by molar-refractivity contribution is 7.20. The maximum absolute atomic E-state index is 12.4. The second-order valence-electron chi connectivity index (χ2n) is 4.66. The lowest BCUT2D eigenvalue weighted by molar-refractivity contribution is -0.143. The topological polar surface area (TPSA) is 57.6 Å². The molecular formula is C12H13Cl2NO3S. The Labute approximate surface area is 124 Å². The molecule has 1 aliphatic heterocycles. The van der Waals surface area contributed by atoms with Crippen LogP contribution in [0.15, 0.2) is 6.07 Å². The molecule has 1 fully saturated rings. The molecule has 0 aliphatic carbocycles. The molecule has 0 spiro atoms. The van der Waals surface area contributed by atoms with Crippen molar-refractivity contribution in [3.8, 4) is 0 Å². The van der Waals surface area contributed by atoms with Gasteiger partial charge in [-0.25, -0.2) is 0 Å². The van der Waals surface area contributed by atoms with Crippen molar-refractivity contribution in [2.24, 2.45) is 5.92 Å². The van der Waals surface area contributed by atoms with Crippen molar-refractivity contribution in [3.63, 3.8) is 0 Å². The van der Waals surface area contributed by atoms with E-state index in [2.05, 4.69) is 0 Å². The van der Waals surface area contributed by atoms with Crippen LogP contribution in [0.1, 0.15) is 30.1 Å². The van der Waals surface area contributed by atoms with E-state index in [0.717, 1.165) is 11.3 Å². The number of nitrogens with zero attached hydrogens (tertiary/aromatic N) is 1. The molecule has 19 heavy (non-hydrogen) atoms. The van der Waals surface area contributed by atoms with Gasteiger partial charge in [0.15, 0.2) is 0 Å². The molecule has 1 aliphatic rings. The van der Waals surface area contributed by atoms with Crippen molar-refractivity contribution in [2.45, 2.75) is 25.8 Å². The Balaban J connectivity index is 2.21. The van der Waals surface area contributed by atoms with Gasteiger partial charge in [0.1, 0.15) is 4.34 Å². The molecule has 0 radical (unpaired) electrons. The lowest BCUT2D eigenvalue weighted by atomic mass is 9.93. The molecule has 2 rings (SSSR count). The van der Waals surface area contributed by atoms with E-state index < -0.39 is 11.9 Å². The summed E-state index contributed by atoms with van der Waals surface area (Å²) in [4.78, 5) is 25.0. The summed E-state index contributed by atoms with van der Waals surface area (Å²) in [5.41, 5.74) is 0.356. The van der Waals surface area contributed by atoms with E-state index in [-0.39, 0.29) is 18.5 Å². The van der Waals surface area contributed by atoms with Gasteiger partial charge < -0.3 is 10.0 Å². The van der Waals surface area contributed by atoms with E-state index in [9.17, 15) is 9.59 Å². The molecule has 2 heterocycles. The minimum atomic E-state index is -0.862. The van der Waals surface area contributed by atoms with Crippen LogP contribution in [0.3, 0.4) is 0 Å². The number of rotatable bonds is 2. The number of halogens is 2. The van der Waals surface area contributed by atoms with E-state index in [0.29, 0.717) is 27.1 Å². The normalized spacial score (nSPS) is 23.4. The number of carbonyl (C=O) groups excluding carboxylic acids is 1. The van der Waals surface area contributed by atoms with Gasteiger partial charge in [-0.2, -0.15) is 0 Å². The van der Waals surface area contributed by atoms with Gasteiger partial charge >= 0.3 is 5.97 Å². The summed E-state index contributed by atoms with van der Waals surface area (Å²) in [6.45, 7) is 2.14. The highest BCUT2D eigenvalue weighted by Crippen LogP contribution is 2.33. The first-order valence-electron chi connectivity index (χ1n) is 5.88. The Morgan fingerprint density at radius 3 is 2.63 bits per heavy atom. The number of aliphatic carboxylic acids is 1. The van der Waals surface area contributed by atoms with Crippen LogP contribution in [-0.4, -0.2) is 34.5 Å². The number of carboxylic acids is 1. The average molecular weight is 322 g/mol. The van der Waals surface area contributed by atoms with E-state index in [1.165, 1.54) is 6.07 Å². The van der Waals surface area contributed by atoms with Crippen LogP contribution >= 0.6 is 34.5 Å². The zero-order chi connectivity index (χ0) is 14.2. The summed E-state index contributed by atoms with van der Waals surface area (Å²) in [5, 5.41) is 9.07. The standard InChI is InChI=1S/C12H13Cl2NO3S/c1-6-2-3-7(12(17)18)5-15(6)11(16)8-4-9(13)19-10(8)14/h4,6-7H,2-3,5H2,1H3,(H,17,18). The van der Waals surface area contributed by atoms with Gasteiger partial charge in [-0.05, 0) is 25.8 Å². The molecule has 0 bridgehead atoms. The third kappa shape index (κ3) is 3.04. The van der Waals surface area contributed by atoms with Crippen LogP contribution in [0.5, 0.6) is 0 Å². The highest BCUT2D eigenvalue weighted by Gasteiger charge is 2.34. The molecule has 2 unspecified atom stereocenters. The first-order valence-corrected chi connectivity index (χ1v) is 7.46. The Morgan fingerprint density at radius 1 is 1.42 bits per heavy atom. The molecule has 7 heteroatoms. The summed E-state index contributed by atoms with van der Waals surface area (Å²) in [5.74, 6) is -1.61. The number of carbonyl (C=O) groups is 2. The lowest BCUT2D eigenvalue weighted by Crippen LogP contribution is -2.47. The highest BCUT2D eigenvalue weighted by atomic mass is 35.5. The molecule has 4 nitrogen and oxygen atoms in total. The van der Waals surface area contributed by atoms with Gasteiger partial charge in [-0.1, -0.05) is 23.2 Å². The number of amides is 1. The summed E-state index contributed by atoms with van der Waals surface area (Å²) in [7, 11) is 0. The minimum absolute atomic E-state index is 0.0119. The third-order valence-corrected chi connectivity index (χ3v) is 4.87. The van der Waals surface area contributed by atoms with E-state index in [1.807, 2.05) is 6.92 Å². The van der Waals surface area contributed by atoms with Crippen molar-refractivity contribution in [1.29, 1.82) is 0 Å². The fourth-order valence-corrected chi connectivity index (χ4v) is 3.68. The fourth-order valence-electron chi connectivity index (χ4n) is 2.23. The van der Waals surface area contributed by atoms with Gasteiger partial charge in [0.2, 0.25) is 0 Å².